The number of hydrogen-bond donors (Lipinski definition) is 0. The van der Waals surface area contributed by atoms with Crippen LogP contribution in [0.1, 0.15) is 38.9 Å². The molecule has 1 atom stereocenters. The van der Waals surface area contributed by atoms with Gasteiger partial charge < -0.3 is 0 Å². The number of rotatable bonds is 6. The van der Waals surface area contributed by atoms with E-state index in [4.69, 9.17) is 9.78 Å². The minimum atomic E-state index is -0.761. The Morgan fingerprint density at radius 3 is 2.41 bits per heavy atom. The van der Waals surface area contributed by atoms with Crippen LogP contribution in [0, 0.1) is 0 Å². The van der Waals surface area contributed by atoms with Gasteiger partial charge in [0.1, 0.15) is 0 Å². The summed E-state index contributed by atoms with van der Waals surface area (Å²) in [6, 6.07) is 10.3. The fourth-order valence-corrected chi connectivity index (χ4v) is 6.29. The van der Waals surface area contributed by atoms with Gasteiger partial charge in [-0.15, -0.1) is 0 Å². The van der Waals surface area contributed by atoms with Crippen molar-refractivity contribution in [2.24, 2.45) is 0 Å². The van der Waals surface area contributed by atoms with E-state index in [1.54, 1.807) is 0 Å². The Balaban J connectivity index is 2.61. The van der Waals surface area contributed by atoms with Crippen LogP contribution in [0.2, 0.25) is 3.93 Å². The molecule has 0 amide bonds. The van der Waals surface area contributed by atoms with Crippen LogP contribution < -0.4 is 0 Å². The molecule has 4 heteroatoms. The molecule has 0 aliphatic heterocycles. The Labute approximate surface area is 122 Å². The van der Waals surface area contributed by atoms with E-state index < -0.39 is 22.1 Å². The molecule has 2 nitrogen and oxygen atoms in total. The molecule has 0 aliphatic rings. The summed E-state index contributed by atoms with van der Waals surface area (Å²) in [7, 11) is 0. The molecule has 0 aliphatic carbocycles. The molecule has 0 saturated carbocycles. The molecule has 1 rings (SSSR count). The number of halogens is 1. The van der Waals surface area contributed by atoms with E-state index in [-0.39, 0.29) is 11.7 Å². The zero-order valence-corrected chi connectivity index (χ0v) is 17.9. The van der Waals surface area contributed by atoms with Gasteiger partial charge in [-0.2, -0.15) is 0 Å². The van der Waals surface area contributed by atoms with Gasteiger partial charge in [0.25, 0.3) is 0 Å². The quantitative estimate of drug-likeness (QED) is 0.330. The van der Waals surface area contributed by atoms with Crippen LogP contribution in [0.15, 0.2) is 30.3 Å². The van der Waals surface area contributed by atoms with Gasteiger partial charge in [0.2, 0.25) is 0 Å². The fraction of sp³-hybridized carbons (Fsp3) is 0.538. The van der Waals surface area contributed by atoms with Gasteiger partial charge in [-0.25, -0.2) is 0 Å². The van der Waals surface area contributed by atoms with Crippen molar-refractivity contribution in [2.75, 3.05) is 0 Å². The molecule has 1 unspecified atom stereocenters. The first kappa shape index (κ1) is 15.6. The molecule has 0 bridgehead atoms. The van der Waals surface area contributed by atoms with Crippen LogP contribution in [-0.2, 0) is 31.9 Å². The molecule has 0 aromatic heterocycles. The maximum absolute atomic E-state index is 5.61. The van der Waals surface area contributed by atoms with Crippen LogP contribution in [-0.4, -0.2) is 5.60 Å². The first-order chi connectivity index (χ1) is 8.03. The Morgan fingerprint density at radius 2 is 1.88 bits per heavy atom. The van der Waals surface area contributed by atoms with E-state index in [2.05, 4.69) is 24.0 Å². The molecule has 17 heavy (non-hydrogen) atoms. The summed E-state index contributed by atoms with van der Waals surface area (Å²) in [6.45, 7) is 6.00. The first-order valence-corrected chi connectivity index (χ1v) is 21.8. The average molecular weight is 488 g/mol. The summed E-state index contributed by atoms with van der Waals surface area (Å²) in [5, 5.41) is 0. The van der Waals surface area contributed by atoms with Crippen LogP contribution >= 0.6 is 11.9 Å². The molecule has 0 spiro atoms. The third-order valence-corrected chi connectivity index (χ3v) is 9.73. The Kier molecular flexibility index (Phi) is 7.23. The van der Waals surface area contributed by atoms with Crippen molar-refractivity contribution in [3.05, 3.63) is 35.9 Å². The van der Waals surface area contributed by atoms with Gasteiger partial charge in [-0.05, 0) is 0 Å². The van der Waals surface area contributed by atoms with Crippen LogP contribution in [0.25, 0.3) is 0 Å². The maximum atomic E-state index is 5.61. The van der Waals surface area contributed by atoms with Crippen molar-refractivity contribution < 1.29 is 31.9 Å². The van der Waals surface area contributed by atoms with Crippen molar-refractivity contribution >= 4 is 11.9 Å². The summed E-state index contributed by atoms with van der Waals surface area (Å²) in [4.78, 5) is 11.1. The van der Waals surface area contributed by atoms with Crippen LogP contribution in [0.5, 0.6) is 0 Å². The normalized spacial score (nSPS) is 13.2. The van der Waals surface area contributed by atoms with Crippen molar-refractivity contribution in [3.63, 3.8) is 0 Å². The van der Waals surface area contributed by atoms with E-state index in [0.717, 1.165) is 6.42 Å². The molecular weight excluding hydrogens is 469 g/mol. The minimum absolute atomic E-state index is 0.0629. The number of hydrogen-bond acceptors (Lipinski definition) is 2. The van der Waals surface area contributed by atoms with Gasteiger partial charge in [0, 0.05) is 0 Å². The third-order valence-electron chi connectivity index (χ3n) is 2.19. The predicted molar refractivity (Wildman–Crippen MR) is 69.5 cm³/mol. The summed E-state index contributed by atoms with van der Waals surface area (Å²) >= 11 is 2.91. The molecule has 1 aromatic rings. The Bertz CT molecular complexity index is 311. The Hall–Kier alpha value is 0.555. The van der Waals surface area contributed by atoms with Crippen molar-refractivity contribution in [2.45, 2.75) is 42.8 Å². The molecule has 0 saturated heterocycles. The van der Waals surface area contributed by atoms with E-state index in [1.165, 1.54) is 9.49 Å². The first-order valence-electron chi connectivity index (χ1n) is 5.98. The second-order valence-corrected chi connectivity index (χ2v) is 16.2. The Morgan fingerprint density at radius 1 is 1.24 bits per heavy atom. The van der Waals surface area contributed by atoms with Crippen molar-refractivity contribution in [3.8, 4) is 0 Å². The fourth-order valence-electron chi connectivity index (χ4n) is 1.40. The SMILES string of the molecule is CC(C)(C)OOC(C[CH2][Hg][Br])c1ccccc1. The molecule has 1 aromatic carbocycles. The van der Waals surface area contributed by atoms with Crippen molar-refractivity contribution in [1.29, 1.82) is 0 Å². The van der Waals surface area contributed by atoms with Gasteiger partial charge in [-0.1, -0.05) is 0 Å². The zero-order valence-electron chi connectivity index (χ0n) is 10.8. The predicted octanol–water partition coefficient (Wildman–Crippen LogP) is 4.68. The van der Waals surface area contributed by atoms with Crippen LogP contribution in [0.3, 0.4) is 0 Å². The van der Waals surface area contributed by atoms with E-state index >= 15 is 0 Å². The summed E-state index contributed by atoms with van der Waals surface area (Å²) < 4.78 is 1.28. The summed E-state index contributed by atoms with van der Waals surface area (Å²) in [6.07, 6.45) is 1.11. The van der Waals surface area contributed by atoms with E-state index in [9.17, 15) is 0 Å². The zero-order chi connectivity index (χ0) is 12.7. The second kappa shape index (κ2) is 7.87. The van der Waals surface area contributed by atoms with Gasteiger partial charge in [0.15, 0.2) is 0 Å². The van der Waals surface area contributed by atoms with Gasteiger partial charge in [-0.3, -0.25) is 0 Å². The number of benzene rings is 1. The molecule has 0 N–H and O–H groups in total. The third kappa shape index (κ3) is 6.89. The second-order valence-electron chi connectivity index (χ2n) is 5.02. The molecule has 0 fully saturated rings. The van der Waals surface area contributed by atoms with Gasteiger partial charge in [0.05, 0.1) is 0 Å². The standard InChI is InChI=1S/C13H19O2.BrH.Hg/c1-5-12(14-15-13(2,3)4)11-9-7-6-8-10-11;;/h6-10,12H,1,5H2,2-4H3;1H;/q;;+1/p-1. The van der Waals surface area contributed by atoms with Gasteiger partial charge >= 0.3 is 123 Å². The summed E-state index contributed by atoms with van der Waals surface area (Å²) in [5.41, 5.74) is 0.942. The molecule has 0 radical (unpaired) electrons. The average Bonchev–Trinajstić information content (AvgIpc) is 2.29. The summed E-state index contributed by atoms with van der Waals surface area (Å²) in [5.74, 6) is 0. The topological polar surface area (TPSA) is 18.5 Å². The molecule has 92 valence electrons. The molecule has 0 heterocycles. The van der Waals surface area contributed by atoms with Crippen LogP contribution in [0.4, 0.5) is 0 Å². The monoisotopic (exact) mass is 488 g/mol. The van der Waals surface area contributed by atoms with Crippen molar-refractivity contribution in [1.82, 2.24) is 0 Å². The van der Waals surface area contributed by atoms with E-state index in [1.807, 2.05) is 39.0 Å². The van der Waals surface area contributed by atoms with E-state index in [0.29, 0.717) is 0 Å². The molecular formula is C13H19BrHgO2.